The Labute approximate surface area is 166 Å². The number of hydrogen-bond donors (Lipinski definition) is 1. The molecule has 8 heteroatoms. The van der Waals surface area contributed by atoms with Gasteiger partial charge in [-0.3, -0.25) is 14.3 Å². The van der Waals surface area contributed by atoms with Gasteiger partial charge in [0.05, 0.1) is 0 Å². The molecule has 1 aromatic carbocycles. The topological polar surface area (TPSA) is 66.8 Å². The van der Waals surface area contributed by atoms with Crippen molar-refractivity contribution in [2.75, 3.05) is 18.0 Å². The molecule has 0 bridgehead atoms. The van der Waals surface area contributed by atoms with Gasteiger partial charge in [-0.25, -0.2) is 4.98 Å². The quantitative estimate of drug-likeness (QED) is 0.656. The van der Waals surface area contributed by atoms with Crippen LogP contribution in [0.3, 0.4) is 0 Å². The van der Waals surface area contributed by atoms with E-state index in [0.29, 0.717) is 38.4 Å². The maximum Gasteiger partial charge on any atom is 0.264 e. The molecule has 0 amide bonds. The number of benzene rings is 1. The number of nitrogens with one attached hydrogen (secondary N) is 1. The number of aromatic nitrogens is 4. The van der Waals surface area contributed by atoms with Gasteiger partial charge in [0, 0.05) is 23.8 Å². The Morgan fingerprint density at radius 1 is 1.19 bits per heavy atom. The monoisotopic (exact) mass is 401 g/mol. The zero-order chi connectivity index (χ0) is 19.1. The number of aryl methyl sites for hydroxylation is 1. The van der Waals surface area contributed by atoms with E-state index in [4.69, 9.17) is 23.8 Å². The first-order valence-electron chi connectivity index (χ1n) is 8.98. The highest BCUT2D eigenvalue weighted by Crippen LogP contribution is 2.22. The van der Waals surface area contributed by atoms with E-state index in [9.17, 15) is 4.79 Å². The lowest BCUT2D eigenvalue weighted by Gasteiger charge is -2.30. The molecule has 27 heavy (non-hydrogen) atoms. The first-order valence-corrected chi connectivity index (χ1v) is 9.77. The molecule has 0 spiro atoms. The van der Waals surface area contributed by atoms with Crippen LogP contribution in [0.1, 0.15) is 25.6 Å². The van der Waals surface area contributed by atoms with Crippen molar-refractivity contribution in [3.63, 3.8) is 0 Å². The number of rotatable bonds is 2. The van der Waals surface area contributed by atoms with E-state index in [-0.39, 0.29) is 5.56 Å². The zero-order valence-electron chi connectivity index (χ0n) is 15.2. The molecule has 140 valence electrons. The number of fused-ring (bicyclic) bond motifs is 1. The van der Waals surface area contributed by atoms with E-state index < -0.39 is 0 Å². The van der Waals surface area contributed by atoms with Crippen LogP contribution < -0.4 is 10.5 Å². The van der Waals surface area contributed by atoms with E-state index in [1.807, 2.05) is 19.1 Å². The molecule has 1 aliphatic heterocycles. The fourth-order valence-electron chi connectivity index (χ4n) is 3.45. The fraction of sp³-hybridized carbons (Fsp3) is 0.368. The lowest BCUT2D eigenvalue weighted by molar-refractivity contribution is 0.434. The van der Waals surface area contributed by atoms with Gasteiger partial charge in [-0.15, -0.1) is 0 Å². The van der Waals surface area contributed by atoms with Gasteiger partial charge in [0.25, 0.3) is 5.56 Å². The Morgan fingerprint density at radius 2 is 1.85 bits per heavy atom. The number of H-pyrrole nitrogens is 1. The zero-order valence-corrected chi connectivity index (χ0v) is 16.8. The molecule has 6 nitrogen and oxygen atoms in total. The lowest BCUT2D eigenvalue weighted by Crippen LogP contribution is -2.35. The molecule has 4 rings (SSSR count). The van der Waals surface area contributed by atoms with E-state index in [1.165, 1.54) is 0 Å². The van der Waals surface area contributed by atoms with Crippen LogP contribution in [0, 0.1) is 17.5 Å². The molecule has 1 saturated heterocycles. The van der Waals surface area contributed by atoms with Crippen LogP contribution in [0.25, 0.3) is 16.7 Å². The van der Waals surface area contributed by atoms with Gasteiger partial charge in [-0.1, -0.05) is 30.7 Å². The molecule has 0 atom stereocenters. The number of piperidine rings is 1. The average Bonchev–Trinajstić information content (AvgIpc) is 2.63. The number of nitrogens with zero attached hydrogens (tertiary/aromatic N) is 4. The largest absolute Gasteiger partial charge is 0.342 e. The summed E-state index contributed by atoms with van der Waals surface area (Å²) in [5.41, 5.74) is 0.943. The standard InChI is InChI=1S/C19H20ClN5OS/c1-11-7-9-24(10-8-11)19-22-16-15(17(26)23-19)18(27)25(12(2)21-16)14-5-3-13(20)4-6-14/h3-6,11H,7-10H2,1-2H3,(H,22,23,26). The van der Waals surface area contributed by atoms with Crippen LogP contribution in [-0.4, -0.2) is 32.6 Å². The minimum Gasteiger partial charge on any atom is -0.342 e. The van der Waals surface area contributed by atoms with Crippen LogP contribution in [0.15, 0.2) is 29.1 Å². The van der Waals surface area contributed by atoms with E-state index >= 15 is 0 Å². The average molecular weight is 402 g/mol. The van der Waals surface area contributed by atoms with E-state index in [1.54, 1.807) is 16.7 Å². The van der Waals surface area contributed by atoms with Gasteiger partial charge in [-0.05, 0) is 49.9 Å². The third-order valence-electron chi connectivity index (χ3n) is 5.06. The van der Waals surface area contributed by atoms with Gasteiger partial charge in [0.1, 0.15) is 15.9 Å². The van der Waals surface area contributed by atoms with Gasteiger partial charge < -0.3 is 4.90 Å². The Bertz CT molecular complexity index is 1110. The molecule has 3 aromatic rings. The molecule has 0 radical (unpaired) electrons. The Morgan fingerprint density at radius 3 is 2.52 bits per heavy atom. The highest BCUT2D eigenvalue weighted by molar-refractivity contribution is 7.71. The third kappa shape index (κ3) is 3.37. The fourth-order valence-corrected chi connectivity index (χ4v) is 4.00. The summed E-state index contributed by atoms with van der Waals surface area (Å²) in [6.07, 6.45) is 2.18. The maximum atomic E-state index is 12.8. The van der Waals surface area contributed by atoms with Gasteiger partial charge >= 0.3 is 0 Å². The molecule has 0 unspecified atom stereocenters. The molecule has 0 aliphatic carbocycles. The van der Waals surface area contributed by atoms with Crippen LogP contribution >= 0.6 is 23.8 Å². The van der Waals surface area contributed by atoms with Crippen molar-refractivity contribution in [1.29, 1.82) is 0 Å². The molecular weight excluding hydrogens is 382 g/mol. The highest BCUT2D eigenvalue weighted by Gasteiger charge is 2.20. The Balaban J connectivity index is 1.86. The summed E-state index contributed by atoms with van der Waals surface area (Å²) in [6, 6.07) is 7.27. The third-order valence-corrected chi connectivity index (χ3v) is 5.70. The van der Waals surface area contributed by atoms with Gasteiger partial charge in [-0.2, -0.15) is 4.98 Å². The predicted molar refractivity (Wildman–Crippen MR) is 111 cm³/mol. The van der Waals surface area contributed by atoms with Crippen molar-refractivity contribution in [3.8, 4) is 5.69 Å². The minimum absolute atomic E-state index is 0.256. The summed E-state index contributed by atoms with van der Waals surface area (Å²) >= 11 is 11.6. The summed E-state index contributed by atoms with van der Waals surface area (Å²) in [6.45, 7) is 5.87. The normalized spacial score (nSPS) is 15.4. The summed E-state index contributed by atoms with van der Waals surface area (Å²) < 4.78 is 2.17. The van der Waals surface area contributed by atoms with Gasteiger partial charge in [0.15, 0.2) is 5.65 Å². The SMILES string of the molecule is Cc1nc2nc(N3CCC(C)CC3)[nH]c(=O)c2c(=S)n1-c1ccc(Cl)cc1. The molecular formula is C19H20ClN5OS. The van der Waals surface area contributed by atoms with Crippen molar-refractivity contribution in [2.45, 2.75) is 26.7 Å². The van der Waals surface area contributed by atoms with Crippen LogP contribution in [0.5, 0.6) is 0 Å². The van der Waals surface area contributed by atoms with Crippen LogP contribution in [0.2, 0.25) is 5.02 Å². The molecule has 3 heterocycles. The van der Waals surface area contributed by atoms with Crippen molar-refractivity contribution in [1.82, 2.24) is 19.5 Å². The highest BCUT2D eigenvalue weighted by atomic mass is 35.5. The van der Waals surface area contributed by atoms with Crippen molar-refractivity contribution in [2.24, 2.45) is 5.92 Å². The first-order chi connectivity index (χ1) is 12.9. The van der Waals surface area contributed by atoms with Crippen molar-refractivity contribution >= 4 is 40.8 Å². The van der Waals surface area contributed by atoms with E-state index in [0.717, 1.165) is 31.6 Å². The predicted octanol–water partition coefficient (Wildman–Crippen LogP) is 4.04. The summed E-state index contributed by atoms with van der Waals surface area (Å²) in [5, 5.41) is 0.969. The summed E-state index contributed by atoms with van der Waals surface area (Å²) in [4.78, 5) is 27.0. The first kappa shape index (κ1) is 18.1. The van der Waals surface area contributed by atoms with Crippen molar-refractivity contribution in [3.05, 3.63) is 50.1 Å². The molecule has 0 saturated carbocycles. The van der Waals surface area contributed by atoms with Crippen LogP contribution in [0.4, 0.5) is 5.95 Å². The van der Waals surface area contributed by atoms with Crippen molar-refractivity contribution < 1.29 is 0 Å². The number of aromatic amines is 1. The lowest BCUT2D eigenvalue weighted by atomic mass is 10.00. The smallest absolute Gasteiger partial charge is 0.264 e. The molecule has 1 aliphatic rings. The van der Waals surface area contributed by atoms with Crippen LogP contribution in [-0.2, 0) is 0 Å². The van der Waals surface area contributed by atoms with Gasteiger partial charge in [0.2, 0.25) is 5.95 Å². The Kier molecular flexibility index (Phi) is 4.74. The maximum absolute atomic E-state index is 12.8. The summed E-state index contributed by atoms with van der Waals surface area (Å²) in [7, 11) is 0. The Hall–Kier alpha value is -2.25. The summed E-state index contributed by atoms with van der Waals surface area (Å²) in [5.74, 6) is 1.95. The number of anilines is 1. The second-order valence-corrected chi connectivity index (χ2v) is 7.86. The second kappa shape index (κ2) is 7.05. The second-order valence-electron chi connectivity index (χ2n) is 7.03. The number of halogens is 1. The minimum atomic E-state index is -0.256. The van der Waals surface area contributed by atoms with E-state index in [2.05, 4.69) is 26.8 Å². The molecule has 1 fully saturated rings. The number of hydrogen-bond acceptors (Lipinski definition) is 5. The molecule has 2 aromatic heterocycles. The molecule has 1 N–H and O–H groups in total.